The fourth-order valence-electron chi connectivity index (χ4n) is 3.73. The molecule has 0 spiro atoms. The van der Waals surface area contributed by atoms with Crippen molar-refractivity contribution in [3.63, 3.8) is 0 Å². The van der Waals surface area contributed by atoms with E-state index in [4.69, 9.17) is 0 Å². The molecule has 29 heavy (non-hydrogen) atoms. The standard InChI is InChI=1S/C21H24N6O2/c1-15-8-9-27(16(2)17-6-4-3-5-7-17)20(29)18(15)19(28)25-10-12-26(13-11-25)21-22-14-23-24-21/h3-9,14,16H,10-13H2,1-2H3,(H,22,23,24). The lowest BCUT2D eigenvalue weighted by Crippen LogP contribution is -2.50. The third-order valence-corrected chi connectivity index (χ3v) is 5.51. The van der Waals surface area contributed by atoms with Gasteiger partial charge < -0.3 is 14.4 Å². The van der Waals surface area contributed by atoms with E-state index in [0.717, 1.165) is 5.56 Å². The maximum Gasteiger partial charge on any atom is 0.264 e. The highest BCUT2D eigenvalue weighted by atomic mass is 16.2. The minimum atomic E-state index is -0.246. The van der Waals surface area contributed by atoms with E-state index in [1.807, 2.05) is 55.1 Å². The van der Waals surface area contributed by atoms with Crippen molar-refractivity contribution in [2.75, 3.05) is 31.1 Å². The lowest BCUT2D eigenvalue weighted by molar-refractivity contribution is 0.0743. The van der Waals surface area contributed by atoms with Gasteiger partial charge in [-0.25, -0.2) is 5.10 Å². The molecule has 1 unspecified atom stereocenters. The first-order valence-corrected chi connectivity index (χ1v) is 9.72. The van der Waals surface area contributed by atoms with Crippen LogP contribution in [-0.4, -0.2) is 56.7 Å². The van der Waals surface area contributed by atoms with Crippen molar-refractivity contribution < 1.29 is 4.79 Å². The summed E-state index contributed by atoms with van der Waals surface area (Å²) < 4.78 is 1.64. The zero-order valence-corrected chi connectivity index (χ0v) is 16.6. The molecule has 1 aromatic carbocycles. The Hall–Kier alpha value is -3.42. The van der Waals surface area contributed by atoms with Gasteiger partial charge in [-0.1, -0.05) is 30.3 Å². The van der Waals surface area contributed by atoms with Gasteiger partial charge in [-0.2, -0.15) is 10.1 Å². The number of anilines is 1. The number of benzene rings is 1. The van der Waals surface area contributed by atoms with Gasteiger partial charge in [0.1, 0.15) is 11.9 Å². The molecule has 1 fully saturated rings. The van der Waals surface area contributed by atoms with Gasteiger partial charge in [-0.3, -0.25) is 9.59 Å². The van der Waals surface area contributed by atoms with Gasteiger partial charge in [-0.15, -0.1) is 0 Å². The van der Waals surface area contributed by atoms with Crippen molar-refractivity contribution in [1.82, 2.24) is 24.6 Å². The Kier molecular flexibility index (Phi) is 5.16. The molecule has 1 atom stereocenters. The number of piperazine rings is 1. The molecule has 8 heteroatoms. The number of carbonyl (C=O) groups excluding carboxylic acids is 1. The number of H-pyrrole nitrogens is 1. The second kappa shape index (κ2) is 7.90. The Morgan fingerprint density at radius 1 is 1.10 bits per heavy atom. The predicted molar refractivity (Wildman–Crippen MR) is 110 cm³/mol. The smallest absolute Gasteiger partial charge is 0.264 e. The van der Waals surface area contributed by atoms with E-state index < -0.39 is 0 Å². The van der Waals surface area contributed by atoms with Crippen molar-refractivity contribution in [2.45, 2.75) is 19.9 Å². The highest BCUT2D eigenvalue weighted by molar-refractivity contribution is 5.95. The highest BCUT2D eigenvalue weighted by Crippen LogP contribution is 2.18. The van der Waals surface area contributed by atoms with Crippen LogP contribution in [0.15, 0.2) is 53.7 Å². The number of carbonyl (C=O) groups is 1. The Labute approximate surface area is 168 Å². The summed E-state index contributed by atoms with van der Waals surface area (Å²) in [7, 11) is 0. The summed E-state index contributed by atoms with van der Waals surface area (Å²) in [5, 5.41) is 6.72. The van der Waals surface area contributed by atoms with Crippen LogP contribution in [0.3, 0.4) is 0 Å². The minimum Gasteiger partial charge on any atom is -0.338 e. The SMILES string of the molecule is Cc1ccn(C(C)c2ccccc2)c(=O)c1C(=O)N1CCN(c2ncn[nH]2)CC1. The lowest BCUT2D eigenvalue weighted by Gasteiger charge is -2.34. The van der Waals surface area contributed by atoms with Gasteiger partial charge in [0.15, 0.2) is 0 Å². The highest BCUT2D eigenvalue weighted by Gasteiger charge is 2.27. The van der Waals surface area contributed by atoms with Gasteiger partial charge in [0.2, 0.25) is 5.95 Å². The van der Waals surface area contributed by atoms with E-state index in [1.165, 1.54) is 6.33 Å². The molecule has 1 aliphatic rings. The molecule has 0 aliphatic carbocycles. The molecule has 4 rings (SSSR count). The third kappa shape index (κ3) is 3.65. The number of nitrogens with one attached hydrogen (secondary N) is 1. The van der Waals surface area contributed by atoms with Crippen molar-refractivity contribution in [3.05, 3.63) is 76.0 Å². The first-order valence-electron chi connectivity index (χ1n) is 9.72. The summed E-state index contributed by atoms with van der Waals surface area (Å²) in [4.78, 5) is 34.4. The monoisotopic (exact) mass is 392 g/mol. The van der Waals surface area contributed by atoms with E-state index in [9.17, 15) is 9.59 Å². The third-order valence-electron chi connectivity index (χ3n) is 5.51. The van der Waals surface area contributed by atoms with Crippen LogP contribution in [-0.2, 0) is 0 Å². The van der Waals surface area contributed by atoms with Crippen LogP contribution >= 0.6 is 0 Å². The second-order valence-corrected chi connectivity index (χ2v) is 7.26. The molecule has 1 N–H and O–H groups in total. The first kappa shape index (κ1) is 18.9. The molecule has 0 bridgehead atoms. The van der Waals surface area contributed by atoms with E-state index in [0.29, 0.717) is 37.7 Å². The number of rotatable bonds is 4. The van der Waals surface area contributed by atoms with Gasteiger partial charge >= 0.3 is 0 Å². The summed E-state index contributed by atoms with van der Waals surface area (Å²) in [6.07, 6.45) is 3.24. The quantitative estimate of drug-likeness (QED) is 0.732. The predicted octanol–water partition coefficient (Wildman–Crippen LogP) is 1.85. The number of nitrogens with zero attached hydrogens (tertiary/aromatic N) is 5. The molecule has 1 aliphatic heterocycles. The second-order valence-electron chi connectivity index (χ2n) is 7.26. The summed E-state index contributed by atoms with van der Waals surface area (Å²) in [5.74, 6) is 0.492. The number of aryl methyl sites for hydroxylation is 1. The van der Waals surface area contributed by atoms with E-state index >= 15 is 0 Å². The average Bonchev–Trinajstić information content (AvgIpc) is 3.29. The van der Waals surface area contributed by atoms with Gasteiger partial charge in [0.05, 0.1) is 6.04 Å². The van der Waals surface area contributed by atoms with Crippen molar-refractivity contribution in [2.24, 2.45) is 0 Å². The van der Waals surface area contributed by atoms with Crippen LogP contribution in [0.2, 0.25) is 0 Å². The van der Waals surface area contributed by atoms with Gasteiger partial charge in [-0.05, 0) is 31.0 Å². The normalized spacial score (nSPS) is 15.4. The molecule has 8 nitrogen and oxygen atoms in total. The number of aromatic amines is 1. The van der Waals surface area contributed by atoms with Gasteiger partial charge in [0.25, 0.3) is 11.5 Å². The van der Waals surface area contributed by atoms with Crippen LogP contribution in [0, 0.1) is 6.92 Å². The zero-order chi connectivity index (χ0) is 20.4. The summed E-state index contributed by atoms with van der Waals surface area (Å²) in [5.41, 5.74) is 1.74. The van der Waals surface area contributed by atoms with Crippen molar-refractivity contribution in [3.8, 4) is 0 Å². The maximum atomic E-state index is 13.2. The topological polar surface area (TPSA) is 87.1 Å². The molecule has 1 amide bonds. The Morgan fingerprint density at radius 2 is 1.83 bits per heavy atom. The molecular weight excluding hydrogens is 368 g/mol. The molecule has 2 aromatic heterocycles. The van der Waals surface area contributed by atoms with Crippen molar-refractivity contribution >= 4 is 11.9 Å². The van der Waals surface area contributed by atoms with Crippen LogP contribution in [0.25, 0.3) is 0 Å². The van der Waals surface area contributed by atoms with Crippen LogP contribution in [0.5, 0.6) is 0 Å². The number of aromatic nitrogens is 4. The Balaban J connectivity index is 1.57. The zero-order valence-electron chi connectivity index (χ0n) is 16.6. The van der Waals surface area contributed by atoms with Gasteiger partial charge in [0, 0.05) is 32.4 Å². The summed E-state index contributed by atoms with van der Waals surface area (Å²) >= 11 is 0. The van der Waals surface area contributed by atoms with Crippen LogP contribution in [0.4, 0.5) is 5.95 Å². The summed E-state index contributed by atoms with van der Waals surface area (Å²) in [6.45, 7) is 6.12. The molecular formula is C21H24N6O2. The number of hydrogen-bond acceptors (Lipinski definition) is 5. The van der Waals surface area contributed by atoms with E-state index in [-0.39, 0.29) is 23.1 Å². The summed E-state index contributed by atoms with van der Waals surface area (Å²) in [6, 6.07) is 11.5. The molecule has 0 saturated carbocycles. The lowest BCUT2D eigenvalue weighted by atomic mass is 10.1. The van der Waals surface area contributed by atoms with E-state index in [1.54, 1.807) is 15.7 Å². The largest absolute Gasteiger partial charge is 0.338 e. The average molecular weight is 392 g/mol. The maximum absolute atomic E-state index is 13.2. The van der Waals surface area contributed by atoms with Crippen LogP contribution in [0.1, 0.15) is 34.5 Å². The Morgan fingerprint density at radius 3 is 2.48 bits per heavy atom. The van der Waals surface area contributed by atoms with Crippen LogP contribution < -0.4 is 10.5 Å². The number of hydrogen-bond donors (Lipinski definition) is 1. The molecule has 3 aromatic rings. The minimum absolute atomic E-state index is 0.154. The first-order chi connectivity index (χ1) is 14.1. The molecule has 3 heterocycles. The fraction of sp³-hybridized carbons (Fsp3) is 0.333. The molecule has 0 radical (unpaired) electrons. The number of pyridine rings is 1. The number of amides is 1. The van der Waals surface area contributed by atoms with E-state index in [2.05, 4.69) is 15.2 Å². The molecule has 150 valence electrons. The fourth-order valence-corrected chi connectivity index (χ4v) is 3.73. The van der Waals surface area contributed by atoms with Crippen molar-refractivity contribution in [1.29, 1.82) is 0 Å². The molecule has 1 saturated heterocycles. The Bertz CT molecular complexity index is 1040.